The van der Waals surface area contributed by atoms with E-state index < -0.39 is 0 Å². The predicted molar refractivity (Wildman–Crippen MR) is 64.2 cm³/mol. The fraction of sp³-hybridized carbons (Fsp3) is 0.0833. The molecule has 1 aromatic carbocycles. The highest BCUT2D eigenvalue weighted by atomic mass is 19.1. The number of aromatic nitrogens is 4. The topological polar surface area (TPSA) is 63.6 Å². The number of fused-ring (bicyclic) bond motifs is 1. The third kappa shape index (κ3) is 1.50. The van der Waals surface area contributed by atoms with E-state index >= 15 is 0 Å². The zero-order valence-corrected chi connectivity index (χ0v) is 9.51. The Morgan fingerprint density at radius 2 is 2.22 bits per heavy atom. The second-order valence-corrected chi connectivity index (χ2v) is 3.91. The first-order chi connectivity index (χ1) is 8.66. The fourth-order valence-electron chi connectivity index (χ4n) is 1.91. The average Bonchev–Trinajstić information content (AvgIpc) is 2.68. The Balaban J connectivity index is 2.38. The molecule has 2 heterocycles. The van der Waals surface area contributed by atoms with Crippen molar-refractivity contribution in [3.8, 4) is 5.69 Å². The van der Waals surface area contributed by atoms with Gasteiger partial charge in [-0.25, -0.2) is 14.1 Å². The van der Waals surface area contributed by atoms with Gasteiger partial charge in [0, 0.05) is 0 Å². The Bertz CT molecular complexity index is 790. The van der Waals surface area contributed by atoms with Gasteiger partial charge in [0.25, 0.3) is 5.56 Å². The molecule has 0 bridgehead atoms. The summed E-state index contributed by atoms with van der Waals surface area (Å²) in [6.45, 7) is 1.72. The molecule has 2 aromatic heterocycles. The van der Waals surface area contributed by atoms with Crippen molar-refractivity contribution in [2.24, 2.45) is 0 Å². The van der Waals surface area contributed by atoms with E-state index in [-0.39, 0.29) is 11.4 Å². The molecule has 0 aliphatic heterocycles. The maximum Gasteiger partial charge on any atom is 0.262 e. The molecule has 0 aliphatic rings. The van der Waals surface area contributed by atoms with Gasteiger partial charge in [0.15, 0.2) is 5.65 Å². The number of hydrogen-bond donors (Lipinski definition) is 1. The van der Waals surface area contributed by atoms with Gasteiger partial charge < -0.3 is 4.98 Å². The van der Waals surface area contributed by atoms with Crippen LogP contribution in [0.4, 0.5) is 4.39 Å². The molecule has 0 unspecified atom stereocenters. The van der Waals surface area contributed by atoms with Crippen LogP contribution in [-0.2, 0) is 0 Å². The van der Waals surface area contributed by atoms with E-state index in [2.05, 4.69) is 15.1 Å². The molecular formula is C12H9FN4O. The van der Waals surface area contributed by atoms with Crippen LogP contribution < -0.4 is 5.56 Å². The molecule has 0 atom stereocenters. The number of nitrogens with one attached hydrogen (secondary N) is 1. The van der Waals surface area contributed by atoms with Crippen molar-refractivity contribution in [1.29, 1.82) is 0 Å². The summed E-state index contributed by atoms with van der Waals surface area (Å²) in [6.07, 6.45) is 1.31. The summed E-state index contributed by atoms with van der Waals surface area (Å²) in [5, 5.41) is 4.65. The van der Waals surface area contributed by atoms with Gasteiger partial charge in [-0.3, -0.25) is 4.79 Å². The Morgan fingerprint density at radius 1 is 1.39 bits per heavy atom. The van der Waals surface area contributed by atoms with Crippen LogP contribution >= 0.6 is 0 Å². The van der Waals surface area contributed by atoms with E-state index in [1.165, 1.54) is 23.1 Å². The van der Waals surface area contributed by atoms with Crippen LogP contribution in [0.5, 0.6) is 0 Å². The molecule has 1 N–H and O–H groups in total. The first-order valence-corrected chi connectivity index (χ1v) is 5.36. The SMILES string of the molecule is Cc1nn(-c2cccc(F)c2)c2nc[nH]c(=O)c12. The maximum absolute atomic E-state index is 13.2. The third-order valence-corrected chi connectivity index (χ3v) is 2.70. The number of H-pyrrole nitrogens is 1. The summed E-state index contributed by atoms with van der Waals surface area (Å²) in [7, 11) is 0. The summed E-state index contributed by atoms with van der Waals surface area (Å²) in [4.78, 5) is 18.3. The van der Waals surface area contributed by atoms with Gasteiger partial charge in [-0.15, -0.1) is 0 Å². The largest absolute Gasteiger partial charge is 0.312 e. The number of aryl methyl sites for hydroxylation is 1. The second kappa shape index (κ2) is 3.76. The zero-order valence-electron chi connectivity index (χ0n) is 9.51. The van der Waals surface area contributed by atoms with E-state index in [1.54, 1.807) is 19.1 Å². The van der Waals surface area contributed by atoms with E-state index in [4.69, 9.17) is 0 Å². The lowest BCUT2D eigenvalue weighted by Gasteiger charge is -2.01. The van der Waals surface area contributed by atoms with Crippen LogP contribution in [0.2, 0.25) is 0 Å². The summed E-state index contributed by atoms with van der Waals surface area (Å²) in [5.74, 6) is -0.362. The van der Waals surface area contributed by atoms with Crippen LogP contribution in [0.1, 0.15) is 5.69 Å². The second-order valence-electron chi connectivity index (χ2n) is 3.91. The van der Waals surface area contributed by atoms with Crippen molar-refractivity contribution >= 4 is 11.0 Å². The number of nitrogens with zero attached hydrogens (tertiary/aromatic N) is 3. The molecule has 90 valence electrons. The average molecular weight is 244 g/mol. The van der Waals surface area contributed by atoms with Gasteiger partial charge in [-0.2, -0.15) is 5.10 Å². The van der Waals surface area contributed by atoms with Crippen LogP contribution in [0, 0.1) is 12.7 Å². The Morgan fingerprint density at radius 3 is 3.00 bits per heavy atom. The quantitative estimate of drug-likeness (QED) is 0.706. The van der Waals surface area contributed by atoms with Gasteiger partial charge in [-0.1, -0.05) is 6.07 Å². The number of hydrogen-bond acceptors (Lipinski definition) is 3. The van der Waals surface area contributed by atoms with E-state index in [0.29, 0.717) is 22.4 Å². The summed E-state index contributed by atoms with van der Waals surface area (Å²) in [5.41, 5.74) is 1.26. The van der Waals surface area contributed by atoms with Gasteiger partial charge >= 0.3 is 0 Å². The molecule has 0 radical (unpaired) electrons. The van der Waals surface area contributed by atoms with Crippen molar-refractivity contribution < 1.29 is 4.39 Å². The van der Waals surface area contributed by atoms with Crippen molar-refractivity contribution in [2.75, 3.05) is 0 Å². The molecule has 0 amide bonds. The van der Waals surface area contributed by atoms with Crippen LogP contribution in [0.25, 0.3) is 16.7 Å². The lowest BCUT2D eigenvalue weighted by atomic mass is 10.3. The van der Waals surface area contributed by atoms with Gasteiger partial charge in [0.1, 0.15) is 11.2 Å². The molecule has 18 heavy (non-hydrogen) atoms. The summed E-state index contributed by atoms with van der Waals surface area (Å²) in [6, 6.07) is 5.98. The van der Waals surface area contributed by atoms with E-state index in [9.17, 15) is 9.18 Å². The molecule has 0 spiro atoms. The van der Waals surface area contributed by atoms with E-state index in [0.717, 1.165) is 0 Å². The number of halogens is 1. The standard InChI is InChI=1S/C12H9FN4O/c1-7-10-11(14-6-15-12(10)18)17(16-7)9-4-2-3-8(13)5-9/h2-6H,1H3,(H,14,15,18). The molecule has 0 saturated carbocycles. The Labute approximate surface area is 101 Å². The van der Waals surface area contributed by atoms with E-state index in [1.807, 2.05) is 0 Å². The van der Waals surface area contributed by atoms with Crippen molar-refractivity contribution in [3.05, 3.63) is 52.5 Å². The summed E-state index contributed by atoms with van der Waals surface area (Å²) < 4.78 is 14.7. The van der Waals surface area contributed by atoms with Gasteiger partial charge in [-0.05, 0) is 25.1 Å². The minimum atomic E-state index is -0.362. The van der Waals surface area contributed by atoms with Gasteiger partial charge in [0.2, 0.25) is 0 Å². The van der Waals surface area contributed by atoms with Crippen molar-refractivity contribution in [3.63, 3.8) is 0 Å². The molecule has 6 heteroatoms. The molecular weight excluding hydrogens is 235 g/mol. The van der Waals surface area contributed by atoms with Crippen molar-refractivity contribution in [1.82, 2.24) is 19.7 Å². The van der Waals surface area contributed by atoms with Crippen LogP contribution in [0.3, 0.4) is 0 Å². The molecule has 0 fully saturated rings. The minimum absolute atomic E-state index is 0.250. The van der Waals surface area contributed by atoms with Gasteiger partial charge in [0.05, 0.1) is 17.7 Å². The first kappa shape index (κ1) is 10.6. The summed E-state index contributed by atoms with van der Waals surface area (Å²) >= 11 is 0. The molecule has 3 rings (SSSR count). The normalized spacial score (nSPS) is 11.0. The molecule has 5 nitrogen and oxygen atoms in total. The Hall–Kier alpha value is -2.50. The number of rotatable bonds is 1. The third-order valence-electron chi connectivity index (χ3n) is 2.70. The van der Waals surface area contributed by atoms with Crippen LogP contribution in [-0.4, -0.2) is 19.7 Å². The molecule has 3 aromatic rings. The zero-order chi connectivity index (χ0) is 12.7. The predicted octanol–water partition coefficient (Wildman–Crippen LogP) is 1.56. The maximum atomic E-state index is 13.2. The van der Waals surface area contributed by atoms with Crippen LogP contribution in [0.15, 0.2) is 35.4 Å². The number of aromatic amines is 1. The number of benzene rings is 1. The Kier molecular flexibility index (Phi) is 2.22. The lowest BCUT2D eigenvalue weighted by molar-refractivity contribution is 0.625. The highest BCUT2D eigenvalue weighted by Crippen LogP contribution is 2.16. The fourth-order valence-corrected chi connectivity index (χ4v) is 1.91. The first-order valence-electron chi connectivity index (χ1n) is 5.36. The smallest absolute Gasteiger partial charge is 0.262 e. The highest BCUT2D eigenvalue weighted by Gasteiger charge is 2.13. The monoisotopic (exact) mass is 244 g/mol. The molecule has 0 aliphatic carbocycles. The lowest BCUT2D eigenvalue weighted by Crippen LogP contribution is -2.07. The minimum Gasteiger partial charge on any atom is -0.312 e. The molecule has 0 saturated heterocycles. The highest BCUT2D eigenvalue weighted by molar-refractivity contribution is 5.78. The van der Waals surface area contributed by atoms with Crippen molar-refractivity contribution in [2.45, 2.75) is 6.92 Å².